The number of alkyl halides is 1. The van der Waals surface area contributed by atoms with Gasteiger partial charge in [-0.05, 0) is 6.42 Å². The van der Waals surface area contributed by atoms with Crippen LogP contribution in [0.2, 0.25) is 0 Å². The second-order valence-corrected chi connectivity index (χ2v) is 5.98. The highest BCUT2D eigenvalue weighted by Gasteiger charge is 1.99. The molecule has 1 atom stereocenters. The van der Waals surface area contributed by atoms with E-state index in [0.29, 0.717) is 12.5 Å². The number of unbranched alkanes of at least 4 members (excludes halogenated alkanes) is 9. The SMILES string of the molecule is CCCCCCCCCCCCOS(=O)OCCCl. The van der Waals surface area contributed by atoms with E-state index in [-0.39, 0.29) is 6.61 Å². The zero-order chi connectivity index (χ0) is 14.2. The van der Waals surface area contributed by atoms with E-state index in [4.69, 9.17) is 20.0 Å². The van der Waals surface area contributed by atoms with Gasteiger partial charge in [0.25, 0.3) is 0 Å². The second kappa shape index (κ2) is 16.4. The molecule has 0 saturated carbocycles. The molecule has 0 N–H and O–H groups in total. The van der Waals surface area contributed by atoms with Gasteiger partial charge in [-0.15, -0.1) is 11.6 Å². The first-order valence-corrected chi connectivity index (χ1v) is 9.09. The normalized spacial score (nSPS) is 12.7. The number of halogens is 1. The summed E-state index contributed by atoms with van der Waals surface area (Å²) < 4.78 is 20.9. The molecule has 0 fully saturated rings. The molecule has 0 aliphatic rings. The van der Waals surface area contributed by atoms with E-state index in [9.17, 15) is 4.21 Å². The van der Waals surface area contributed by atoms with Crippen molar-refractivity contribution in [1.29, 1.82) is 0 Å². The minimum absolute atomic E-state index is 0.270. The lowest BCUT2D eigenvalue weighted by atomic mass is 10.1. The van der Waals surface area contributed by atoms with E-state index in [2.05, 4.69) is 6.92 Å². The summed E-state index contributed by atoms with van der Waals surface area (Å²) in [5, 5.41) is 0. The first-order valence-electron chi connectivity index (χ1n) is 7.55. The molecule has 5 heteroatoms. The maximum atomic E-state index is 11.1. The number of hydrogen-bond acceptors (Lipinski definition) is 3. The number of hydrogen-bond donors (Lipinski definition) is 0. The Kier molecular flexibility index (Phi) is 16.7. The minimum Gasteiger partial charge on any atom is -0.268 e. The third-order valence-electron chi connectivity index (χ3n) is 2.93. The maximum Gasteiger partial charge on any atom is 0.304 e. The third-order valence-corrected chi connectivity index (χ3v) is 3.81. The van der Waals surface area contributed by atoms with Gasteiger partial charge >= 0.3 is 11.4 Å². The summed E-state index contributed by atoms with van der Waals surface area (Å²) in [5.41, 5.74) is 0. The van der Waals surface area contributed by atoms with Crippen LogP contribution in [0.1, 0.15) is 71.1 Å². The van der Waals surface area contributed by atoms with E-state index >= 15 is 0 Å². The molecule has 0 bridgehead atoms. The fourth-order valence-corrected chi connectivity index (χ4v) is 2.56. The van der Waals surface area contributed by atoms with E-state index in [1.54, 1.807) is 0 Å². The molecule has 0 rings (SSSR count). The van der Waals surface area contributed by atoms with Crippen molar-refractivity contribution in [1.82, 2.24) is 0 Å². The first kappa shape index (κ1) is 19.4. The van der Waals surface area contributed by atoms with Crippen LogP contribution < -0.4 is 0 Å². The summed E-state index contributed by atoms with van der Waals surface area (Å²) >= 11 is 3.78. The van der Waals surface area contributed by atoms with Crippen molar-refractivity contribution in [3.05, 3.63) is 0 Å². The molecule has 0 amide bonds. The zero-order valence-corrected chi connectivity index (χ0v) is 13.8. The standard InChI is InChI=1S/C14H29ClO3S/c1-2-3-4-5-6-7-8-9-10-11-13-17-19(16)18-14-12-15/h2-14H2,1H3. The minimum atomic E-state index is -1.62. The Hall–Kier alpha value is 0.360. The van der Waals surface area contributed by atoms with Crippen LogP contribution in [0.3, 0.4) is 0 Å². The Morgan fingerprint density at radius 3 is 1.79 bits per heavy atom. The van der Waals surface area contributed by atoms with Gasteiger partial charge in [-0.3, -0.25) is 8.37 Å². The average Bonchev–Trinajstić information content (AvgIpc) is 2.42. The summed E-state index contributed by atoms with van der Waals surface area (Å²) in [6, 6.07) is 0. The van der Waals surface area contributed by atoms with Gasteiger partial charge in [0.05, 0.1) is 13.2 Å². The molecule has 0 heterocycles. The predicted molar refractivity (Wildman–Crippen MR) is 82.6 cm³/mol. The van der Waals surface area contributed by atoms with Gasteiger partial charge in [0.2, 0.25) is 0 Å². The fraction of sp³-hybridized carbons (Fsp3) is 1.00. The molecule has 116 valence electrons. The molecule has 0 spiro atoms. The maximum absolute atomic E-state index is 11.1. The van der Waals surface area contributed by atoms with Gasteiger partial charge in [-0.1, -0.05) is 64.7 Å². The molecular formula is C14H29ClO3S. The predicted octanol–water partition coefficient (Wildman–Crippen LogP) is 4.76. The lowest BCUT2D eigenvalue weighted by Crippen LogP contribution is -2.05. The molecule has 0 aromatic heterocycles. The van der Waals surface area contributed by atoms with Crippen molar-refractivity contribution >= 4 is 23.0 Å². The van der Waals surface area contributed by atoms with Crippen LogP contribution in [0.15, 0.2) is 0 Å². The van der Waals surface area contributed by atoms with Gasteiger partial charge < -0.3 is 0 Å². The van der Waals surface area contributed by atoms with Crippen LogP contribution >= 0.6 is 11.6 Å². The summed E-state index contributed by atoms with van der Waals surface area (Å²) in [7, 11) is 0. The van der Waals surface area contributed by atoms with Gasteiger partial charge in [0.15, 0.2) is 0 Å². The van der Waals surface area contributed by atoms with Gasteiger partial charge in [0, 0.05) is 5.88 Å². The Morgan fingerprint density at radius 2 is 1.26 bits per heavy atom. The molecule has 19 heavy (non-hydrogen) atoms. The molecule has 1 unspecified atom stereocenters. The molecule has 3 nitrogen and oxygen atoms in total. The first-order chi connectivity index (χ1) is 9.31. The molecule has 0 aromatic carbocycles. The van der Waals surface area contributed by atoms with Gasteiger partial charge in [-0.25, -0.2) is 0 Å². The molecule has 0 aliphatic carbocycles. The van der Waals surface area contributed by atoms with E-state index in [1.807, 2.05) is 0 Å². The van der Waals surface area contributed by atoms with Crippen LogP contribution in [0.4, 0.5) is 0 Å². The molecule has 0 aliphatic heterocycles. The van der Waals surface area contributed by atoms with Crippen molar-refractivity contribution in [3.8, 4) is 0 Å². The lowest BCUT2D eigenvalue weighted by Gasteiger charge is -2.03. The zero-order valence-electron chi connectivity index (χ0n) is 12.2. The Bertz CT molecular complexity index is 203. The van der Waals surface area contributed by atoms with Crippen molar-refractivity contribution in [2.45, 2.75) is 71.1 Å². The number of rotatable bonds is 15. The summed E-state index contributed by atoms with van der Waals surface area (Å²) in [6.45, 7) is 3.02. The van der Waals surface area contributed by atoms with Crippen LogP contribution in [0, 0.1) is 0 Å². The topological polar surface area (TPSA) is 35.5 Å². The summed E-state index contributed by atoms with van der Waals surface area (Å²) in [6.07, 6.45) is 12.8. The smallest absolute Gasteiger partial charge is 0.268 e. The monoisotopic (exact) mass is 312 g/mol. The van der Waals surface area contributed by atoms with Crippen LogP contribution in [0.5, 0.6) is 0 Å². The van der Waals surface area contributed by atoms with Crippen LogP contribution in [0.25, 0.3) is 0 Å². The quantitative estimate of drug-likeness (QED) is 0.323. The van der Waals surface area contributed by atoms with Crippen LogP contribution in [-0.2, 0) is 19.7 Å². The average molecular weight is 313 g/mol. The molecular weight excluding hydrogens is 284 g/mol. The Morgan fingerprint density at radius 1 is 0.789 bits per heavy atom. The molecule has 0 aromatic rings. The van der Waals surface area contributed by atoms with Crippen molar-refractivity contribution in [2.75, 3.05) is 19.1 Å². The lowest BCUT2D eigenvalue weighted by molar-refractivity contribution is 0.254. The highest BCUT2D eigenvalue weighted by atomic mass is 35.5. The fourth-order valence-electron chi connectivity index (χ4n) is 1.85. The summed E-state index contributed by atoms with van der Waals surface area (Å²) in [5.74, 6) is 0.341. The van der Waals surface area contributed by atoms with Crippen molar-refractivity contribution < 1.29 is 12.6 Å². The Balaban J connectivity index is 3.04. The van der Waals surface area contributed by atoms with Crippen LogP contribution in [-0.4, -0.2) is 23.3 Å². The van der Waals surface area contributed by atoms with Gasteiger partial charge in [0.1, 0.15) is 0 Å². The largest absolute Gasteiger partial charge is 0.304 e. The molecule has 0 radical (unpaired) electrons. The molecule has 0 saturated heterocycles. The second-order valence-electron chi connectivity index (χ2n) is 4.72. The third kappa shape index (κ3) is 16.3. The van der Waals surface area contributed by atoms with E-state index < -0.39 is 11.4 Å². The van der Waals surface area contributed by atoms with Crippen molar-refractivity contribution in [2.24, 2.45) is 0 Å². The highest BCUT2D eigenvalue weighted by molar-refractivity contribution is 7.75. The highest BCUT2D eigenvalue weighted by Crippen LogP contribution is 2.10. The van der Waals surface area contributed by atoms with E-state index in [0.717, 1.165) is 12.8 Å². The van der Waals surface area contributed by atoms with Crippen molar-refractivity contribution in [3.63, 3.8) is 0 Å². The Labute approximate surface area is 126 Å². The van der Waals surface area contributed by atoms with Gasteiger partial charge in [-0.2, -0.15) is 4.21 Å². The van der Waals surface area contributed by atoms with E-state index in [1.165, 1.54) is 51.4 Å². The summed E-state index contributed by atoms with van der Waals surface area (Å²) in [4.78, 5) is 0.